The number of aryl methyl sites for hydroxylation is 1. The molecule has 0 N–H and O–H groups in total. The van der Waals surface area contributed by atoms with Crippen molar-refractivity contribution in [2.24, 2.45) is 7.05 Å². The summed E-state index contributed by atoms with van der Waals surface area (Å²) in [6.45, 7) is 7.39. The van der Waals surface area contributed by atoms with Crippen LogP contribution in [0.4, 0.5) is 22.7 Å². The third kappa shape index (κ3) is 4.97. The third-order valence-electron chi connectivity index (χ3n) is 10.8. The Morgan fingerprint density at radius 2 is 1.25 bits per heavy atom. The first-order valence-corrected chi connectivity index (χ1v) is 18.2. The van der Waals surface area contributed by atoms with Crippen LogP contribution < -0.4 is 14.5 Å². The molecule has 0 aliphatic carbocycles. The van der Waals surface area contributed by atoms with E-state index in [1.165, 1.54) is 49.5 Å². The number of benzene rings is 6. The maximum absolute atomic E-state index is 6.70. The van der Waals surface area contributed by atoms with Crippen LogP contribution >= 0.6 is 0 Å². The summed E-state index contributed by atoms with van der Waals surface area (Å²) in [5.41, 5.74) is 10.5. The van der Waals surface area contributed by atoms with E-state index in [9.17, 15) is 0 Å². The van der Waals surface area contributed by atoms with Gasteiger partial charge in [0.25, 0.3) is 0 Å². The lowest BCUT2D eigenvalue weighted by atomic mass is 9.88. The highest BCUT2D eigenvalue weighted by Gasteiger charge is 2.32. The summed E-state index contributed by atoms with van der Waals surface area (Å²) >= 11 is 0. The number of ether oxygens (including phenoxy) is 1. The fourth-order valence-corrected chi connectivity index (χ4v) is 8.17. The van der Waals surface area contributed by atoms with Crippen LogP contribution in [0.25, 0.3) is 49.4 Å². The maximum atomic E-state index is 6.70. The summed E-state index contributed by atoms with van der Waals surface area (Å²) in [6, 6.07) is 51.6. The van der Waals surface area contributed by atoms with Gasteiger partial charge in [-0.3, -0.25) is 4.57 Å². The van der Waals surface area contributed by atoms with Crippen molar-refractivity contribution in [3.8, 4) is 17.3 Å². The summed E-state index contributed by atoms with van der Waals surface area (Å²) in [5.74, 6) is 2.46. The zero-order chi connectivity index (χ0) is 35.8. The minimum atomic E-state index is 0.00465. The lowest BCUT2D eigenvalue weighted by Crippen LogP contribution is -2.24. The van der Waals surface area contributed by atoms with E-state index in [0.717, 1.165) is 39.7 Å². The molecule has 0 amide bonds. The summed E-state index contributed by atoms with van der Waals surface area (Å²) < 4.78 is 11.3. The zero-order valence-electron chi connectivity index (χ0n) is 30.3. The molecule has 0 radical (unpaired) electrons. The van der Waals surface area contributed by atoms with Crippen molar-refractivity contribution >= 4 is 66.4 Å². The van der Waals surface area contributed by atoms with Gasteiger partial charge in [-0.05, 0) is 83.8 Å². The van der Waals surface area contributed by atoms with Gasteiger partial charge in [-0.2, -0.15) is 0 Å². The van der Waals surface area contributed by atoms with Gasteiger partial charge in [0.2, 0.25) is 0 Å². The molecule has 1 aliphatic rings. The van der Waals surface area contributed by atoms with Gasteiger partial charge in [0.1, 0.15) is 24.0 Å². The quantitative estimate of drug-likeness (QED) is 0.180. The molecule has 1 aliphatic heterocycles. The Labute approximate surface area is 308 Å². The number of para-hydroxylation sites is 3. The van der Waals surface area contributed by atoms with E-state index < -0.39 is 0 Å². The Hall–Kier alpha value is -6.53. The fraction of sp³-hybridized carbons (Fsp3) is 0.128. The van der Waals surface area contributed by atoms with Crippen LogP contribution in [0.15, 0.2) is 152 Å². The van der Waals surface area contributed by atoms with Crippen LogP contribution in [-0.2, 0) is 12.5 Å². The molecule has 6 heteroatoms. The van der Waals surface area contributed by atoms with E-state index in [1.54, 1.807) is 0 Å². The predicted octanol–water partition coefficient (Wildman–Crippen LogP) is 12.2. The molecule has 3 aromatic heterocycles. The van der Waals surface area contributed by atoms with E-state index in [4.69, 9.17) is 9.72 Å². The number of fused-ring (bicyclic) bond motifs is 8. The minimum Gasteiger partial charge on any atom is -0.457 e. The van der Waals surface area contributed by atoms with Gasteiger partial charge < -0.3 is 19.1 Å². The van der Waals surface area contributed by atoms with Crippen LogP contribution in [0, 0.1) is 0 Å². The zero-order valence-corrected chi connectivity index (χ0v) is 30.3. The Morgan fingerprint density at radius 3 is 2.06 bits per heavy atom. The van der Waals surface area contributed by atoms with E-state index in [2.05, 4.69) is 186 Å². The fourth-order valence-electron chi connectivity index (χ4n) is 8.17. The van der Waals surface area contributed by atoms with Crippen molar-refractivity contribution in [3.05, 3.63) is 157 Å². The van der Waals surface area contributed by atoms with Gasteiger partial charge >= 0.3 is 0 Å². The minimum absolute atomic E-state index is 0.00465. The van der Waals surface area contributed by atoms with Crippen molar-refractivity contribution in [1.82, 2.24) is 14.1 Å². The summed E-state index contributed by atoms with van der Waals surface area (Å²) in [5, 5.41) is 4.88. The smallest absolute Gasteiger partial charge is 0.137 e. The number of aromatic nitrogens is 3. The molecule has 0 saturated carbocycles. The van der Waals surface area contributed by atoms with Gasteiger partial charge in [-0.15, -0.1) is 0 Å². The van der Waals surface area contributed by atoms with Crippen LogP contribution in [0.1, 0.15) is 26.3 Å². The van der Waals surface area contributed by atoms with Gasteiger partial charge in [0, 0.05) is 63.8 Å². The molecule has 0 spiro atoms. The molecule has 4 heterocycles. The molecule has 0 fully saturated rings. The number of pyridine rings is 1. The molecule has 10 rings (SSSR count). The molecule has 53 heavy (non-hydrogen) atoms. The SMILES string of the molecule is Cn1c2ccccc2c2ccc3c(c21)N(c1ccccc1)CN3c1cccc(Oc2ccc3c4ccccc4n(-c4cc(C(C)(C)C)ccn4)c3c2)c1. The molecule has 0 bridgehead atoms. The first-order valence-electron chi connectivity index (χ1n) is 18.2. The standard InChI is InChI=1S/C47H39N5O/c1-47(2,3)31-25-26-48-44(27-31)52-41-20-11-9-17-36(41)38-22-21-35(29-43(38)52)53-34-16-12-15-33(28-34)50-30-51(32-13-6-5-7-14-32)46-42(50)24-23-39-37-18-8-10-19-40(37)49(4)45(39)46/h5-29H,30H2,1-4H3. The topological polar surface area (TPSA) is 38.5 Å². The van der Waals surface area contributed by atoms with Crippen molar-refractivity contribution in [2.75, 3.05) is 16.5 Å². The monoisotopic (exact) mass is 689 g/mol. The average molecular weight is 690 g/mol. The second-order valence-corrected chi connectivity index (χ2v) is 15.0. The molecule has 0 atom stereocenters. The average Bonchev–Trinajstić information content (AvgIpc) is 3.83. The van der Waals surface area contributed by atoms with Crippen LogP contribution in [-0.4, -0.2) is 20.8 Å². The summed E-state index contributed by atoms with van der Waals surface area (Å²) in [4.78, 5) is 9.68. The molecule has 0 unspecified atom stereocenters. The highest BCUT2D eigenvalue weighted by molar-refractivity contribution is 6.16. The first kappa shape index (κ1) is 31.2. The number of hydrogen-bond acceptors (Lipinski definition) is 4. The lowest BCUT2D eigenvalue weighted by Gasteiger charge is -2.22. The molecular formula is C47H39N5O. The Balaban J connectivity index is 1.06. The maximum Gasteiger partial charge on any atom is 0.137 e. The third-order valence-corrected chi connectivity index (χ3v) is 10.8. The van der Waals surface area contributed by atoms with Crippen LogP contribution in [0.3, 0.4) is 0 Å². The molecule has 258 valence electrons. The highest BCUT2D eigenvalue weighted by Crippen LogP contribution is 2.50. The van der Waals surface area contributed by atoms with E-state index in [0.29, 0.717) is 6.67 Å². The molecule has 9 aromatic rings. The van der Waals surface area contributed by atoms with Gasteiger partial charge in [0.05, 0.1) is 27.9 Å². The molecule has 6 nitrogen and oxygen atoms in total. The summed E-state index contributed by atoms with van der Waals surface area (Å²) in [7, 11) is 2.18. The predicted molar refractivity (Wildman–Crippen MR) is 220 cm³/mol. The second-order valence-electron chi connectivity index (χ2n) is 15.0. The van der Waals surface area contributed by atoms with Crippen molar-refractivity contribution in [2.45, 2.75) is 26.2 Å². The van der Waals surface area contributed by atoms with Crippen molar-refractivity contribution in [3.63, 3.8) is 0 Å². The van der Waals surface area contributed by atoms with Crippen LogP contribution in [0.2, 0.25) is 0 Å². The van der Waals surface area contributed by atoms with Crippen molar-refractivity contribution < 1.29 is 4.74 Å². The Kier molecular flexibility index (Phi) is 6.92. The lowest BCUT2D eigenvalue weighted by molar-refractivity contribution is 0.483. The van der Waals surface area contributed by atoms with E-state index >= 15 is 0 Å². The normalized spacial score (nSPS) is 13.1. The number of anilines is 4. The Bertz CT molecular complexity index is 2860. The largest absolute Gasteiger partial charge is 0.457 e. The number of hydrogen-bond donors (Lipinski definition) is 0. The number of nitrogens with zero attached hydrogens (tertiary/aromatic N) is 5. The molecule has 6 aromatic carbocycles. The van der Waals surface area contributed by atoms with Gasteiger partial charge in [0.15, 0.2) is 0 Å². The van der Waals surface area contributed by atoms with Crippen molar-refractivity contribution in [1.29, 1.82) is 0 Å². The number of rotatable bonds is 5. The molecular weight excluding hydrogens is 651 g/mol. The van der Waals surface area contributed by atoms with Gasteiger partial charge in [-0.1, -0.05) is 81.4 Å². The Morgan fingerprint density at radius 1 is 0.566 bits per heavy atom. The highest BCUT2D eigenvalue weighted by atomic mass is 16.5. The van der Waals surface area contributed by atoms with E-state index in [-0.39, 0.29) is 5.41 Å². The first-order chi connectivity index (χ1) is 25.8. The van der Waals surface area contributed by atoms with Crippen LogP contribution in [0.5, 0.6) is 11.5 Å². The van der Waals surface area contributed by atoms with Gasteiger partial charge in [-0.25, -0.2) is 4.98 Å². The second kappa shape index (κ2) is 11.8. The summed E-state index contributed by atoms with van der Waals surface area (Å²) in [6.07, 6.45) is 1.92. The van der Waals surface area contributed by atoms with E-state index in [1.807, 2.05) is 12.3 Å². The molecule has 0 saturated heterocycles.